The molecular weight excluding hydrogens is 276 g/mol. The van der Waals surface area contributed by atoms with Crippen LogP contribution in [0.15, 0.2) is 24.3 Å². The maximum Gasteiger partial charge on any atom is 0.225 e. The average Bonchev–Trinajstić information content (AvgIpc) is 3.06. The van der Waals surface area contributed by atoms with Gasteiger partial charge >= 0.3 is 0 Å². The summed E-state index contributed by atoms with van der Waals surface area (Å²) >= 11 is 0. The molecule has 1 aromatic rings. The van der Waals surface area contributed by atoms with Crippen LogP contribution in [0.5, 0.6) is 5.75 Å². The first-order chi connectivity index (χ1) is 10.6. The second-order valence-electron chi connectivity index (χ2n) is 6.79. The van der Waals surface area contributed by atoms with Crippen molar-refractivity contribution in [2.45, 2.75) is 70.2 Å². The number of amides is 1. The Kier molecular flexibility index (Phi) is 4.39. The van der Waals surface area contributed by atoms with Crippen LogP contribution in [0.3, 0.4) is 0 Å². The Morgan fingerprint density at radius 2 is 1.82 bits per heavy atom. The van der Waals surface area contributed by atoms with Gasteiger partial charge in [-0.25, -0.2) is 0 Å². The Morgan fingerprint density at radius 1 is 1.18 bits per heavy atom. The smallest absolute Gasteiger partial charge is 0.225 e. The molecule has 0 radical (unpaired) electrons. The third-order valence-electron chi connectivity index (χ3n) is 4.72. The first-order valence-electron chi connectivity index (χ1n) is 8.39. The lowest BCUT2D eigenvalue weighted by Gasteiger charge is -2.32. The minimum atomic E-state index is -0.107. The number of carbonyl (C=O) groups excluding carboxylic acids is 1. The molecule has 1 aliphatic carbocycles. The van der Waals surface area contributed by atoms with Crippen molar-refractivity contribution in [1.82, 2.24) is 4.90 Å². The standard InChI is InChI=1S/C18H26N2O2/c1-12(2)22-15-9-7-13(8-10-15)18-16(19)11-17(21)20(18)14-5-3-4-6-14/h7-10,12,14,16,18H,3-6,11,19H2,1-2H3. The van der Waals surface area contributed by atoms with E-state index in [2.05, 4.69) is 17.0 Å². The summed E-state index contributed by atoms with van der Waals surface area (Å²) in [7, 11) is 0. The second kappa shape index (κ2) is 6.29. The van der Waals surface area contributed by atoms with Crippen molar-refractivity contribution in [3.63, 3.8) is 0 Å². The lowest BCUT2D eigenvalue weighted by atomic mass is 9.99. The first kappa shape index (κ1) is 15.3. The molecule has 3 rings (SSSR count). The summed E-state index contributed by atoms with van der Waals surface area (Å²) in [6.45, 7) is 4.03. The van der Waals surface area contributed by atoms with Gasteiger partial charge in [0.1, 0.15) is 5.75 Å². The van der Waals surface area contributed by atoms with E-state index in [-0.39, 0.29) is 24.1 Å². The number of ether oxygens (including phenoxy) is 1. The summed E-state index contributed by atoms with van der Waals surface area (Å²) in [4.78, 5) is 14.5. The van der Waals surface area contributed by atoms with E-state index in [1.165, 1.54) is 12.8 Å². The first-order valence-corrected chi connectivity index (χ1v) is 8.39. The topological polar surface area (TPSA) is 55.6 Å². The Morgan fingerprint density at radius 3 is 2.41 bits per heavy atom. The van der Waals surface area contributed by atoms with Crippen molar-refractivity contribution < 1.29 is 9.53 Å². The summed E-state index contributed by atoms with van der Waals surface area (Å²) in [5.41, 5.74) is 7.41. The van der Waals surface area contributed by atoms with Crippen LogP contribution in [0, 0.1) is 0 Å². The number of likely N-dealkylation sites (tertiary alicyclic amines) is 1. The highest BCUT2D eigenvalue weighted by atomic mass is 16.5. The Hall–Kier alpha value is -1.55. The lowest BCUT2D eigenvalue weighted by Crippen LogP contribution is -2.39. The van der Waals surface area contributed by atoms with Crippen LogP contribution in [-0.2, 0) is 4.79 Å². The number of nitrogens with zero attached hydrogens (tertiary/aromatic N) is 1. The Labute approximate surface area is 132 Å². The summed E-state index contributed by atoms with van der Waals surface area (Å²) in [6, 6.07) is 8.37. The van der Waals surface area contributed by atoms with Gasteiger partial charge in [0.2, 0.25) is 5.91 Å². The molecule has 2 fully saturated rings. The van der Waals surface area contributed by atoms with Gasteiger partial charge in [0, 0.05) is 18.5 Å². The molecule has 2 N–H and O–H groups in total. The van der Waals surface area contributed by atoms with E-state index < -0.39 is 0 Å². The van der Waals surface area contributed by atoms with Crippen LogP contribution in [0.2, 0.25) is 0 Å². The molecule has 1 saturated heterocycles. The van der Waals surface area contributed by atoms with Crippen LogP contribution in [0.25, 0.3) is 0 Å². The molecule has 1 amide bonds. The zero-order valence-electron chi connectivity index (χ0n) is 13.5. The largest absolute Gasteiger partial charge is 0.491 e. The minimum Gasteiger partial charge on any atom is -0.491 e. The highest BCUT2D eigenvalue weighted by molar-refractivity contribution is 5.80. The van der Waals surface area contributed by atoms with Crippen LogP contribution >= 0.6 is 0 Å². The summed E-state index contributed by atoms with van der Waals surface area (Å²) < 4.78 is 5.69. The highest BCUT2D eigenvalue weighted by Gasteiger charge is 2.42. The molecular formula is C18H26N2O2. The van der Waals surface area contributed by atoms with E-state index in [9.17, 15) is 4.79 Å². The van der Waals surface area contributed by atoms with E-state index >= 15 is 0 Å². The normalized spacial score (nSPS) is 26.2. The summed E-state index contributed by atoms with van der Waals surface area (Å²) in [5, 5.41) is 0. The molecule has 0 bridgehead atoms. The van der Waals surface area contributed by atoms with Crippen molar-refractivity contribution in [2.24, 2.45) is 5.73 Å². The van der Waals surface area contributed by atoms with Gasteiger partial charge in [-0.05, 0) is 44.4 Å². The molecule has 2 atom stereocenters. The number of carbonyl (C=O) groups is 1. The highest BCUT2D eigenvalue weighted by Crippen LogP contribution is 2.38. The minimum absolute atomic E-state index is 0.0173. The van der Waals surface area contributed by atoms with Crippen molar-refractivity contribution in [3.8, 4) is 5.75 Å². The van der Waals surface area contributed by atoms with Crippen molar-refractivity contribution in [3.05, 3.63) is 29.8 Å². The fraction of sp³-hybridized carbons (Fsp3) is 0.611. The zero-order valence-corrected chi connectivity index (χ0v) is 13.5. The van der Waals surface area contributed by atoms with Gasteiger partial charge in [-0.3, -0.25) is 4.79 Å². The molecule has 0 aromatic heterocycles. The predicted octanol–water partition coefficient (Wildman–Crippen LogP) is 3.02. The predicted molar refractivity (Wildman–Crippen MR) is 86.6 cm³/mol. The maximum absolute atomic E-state index is 12.4. The molecule has 1 heterocycles. The number of hydrogen-bond acceptors (Lipinski definition) is 3. The maximum atomic E-state index is 12.4. The van der Waals surface area contributed by atoms with Gasteiger partial charge in [-0.1, -0.05) is 25.0 Å². The van der Waals surface area contributed by atoms with Gasteiger partial charge in [-0.15, -0.1) is 0 Å². The number of nitrogens with two attached hydrogens (primary N) is 1. The number of benzene rings is 1. The van der Waals surface area contributed by atoms with Crippen LogP contribution in [-0.4, -0.2) is 29.0 Å². The molecule has 4 nitrogen and oxygen atoms in total. The van der Waals surface area contributed by atoms with Gasteiger partial charge in [0.15, 0.2) is 0 Å². The molecule has 22 heavy (non-hydrogen) atoms. The molecule has 1 aromatic carbocycles. The molecule has 120 valence electrons. The van der Waals surface area contributed by atoms with E-state index in [4.69, 9.17) is 10.5 Å². The molecule has 2 unspecified atom stereocenters. The second-order valence-corrected chi connectivity index (χ2v) is 6.79. The van der Waals surface area contributed by atoms with E-state index in [1.54, 1.807) is 0 Å². The quantitative estimate of drug-likeness (QED) is 0.930. The van der Waals surface area contributed by atoms with Crippen molar-refractivity contribution in [2.75, 3.05) is 0 Å². The van der Waals surface area contributed by atoms with Crippen molar-refractivity contribution >= 4 is 5.91 Å². The molecule has 0 spiro atoms. The van der Waals surface area contributed by atoms with Crippen LogP contribution in [0.4, 0.5) is 0 Å². The van der Waals surface area contributed by atoms with Gasteiger partial charge in [0.05, 0.1) is 12.1 Å². The lowest BCUT2D eigenvalue weighted by molar-refractivity contribution is -0.131. The van der Waals surface area contributed by atoms with Gasteiger partial charge in [0.25, 0.3) is 0 Å². The molecule has 4 heteroatoms. The SMILES string of the molecule is CC(C)Oc1ccc(C2C(N)CC(=O)N2C2CCCC2)cc1. The fourth-order valence-electron chi connectivity index (χ4n) is 3.82. The van der Waals surface area contributed by atoms with E-state index in [0.717, 1.165) is 24.2 Å². The molecule has 1 aliphatic heterocycles. The van der Waals surface area contributed by atoms with Gasteiger partial charge < -0.3 is 15.4 Å². The fourth-order valence-corrected chi connectivity index (χ4v) is 3.82. The average molecular weight is 302 g/mol. The van der Waals surface area contributed by atoms with Crippen LogP contribution in [0.1, 0.15) is 57.6 Å². The molecule has 2 aliphatic rings. The number of hydrogen-bond donors (Lipinski definition) is 1. The third kappa shape index (κ3) is 2.98. The monoisotopic (exact) mass is 302 g/mol. The van der Waals surface area contributed by atoms with Gasteiger partial charge in [-0.2, -0.15) is 0 Å². The Balaban J connectivity index is 1.82. The zero-order chi connectivity index (χ0) is 15.7. The summed E-state index contributed by atoms with van der Waals surface area (Å²) in [6.07, 6.45) is 5.30. The number of rotatable bonds is 4. The van der Waals surface area contributed by atoms with E-state index in [0.29, 0.717) is 12.5 Å². The summed E-state index contributed by atoms with van der Waals surface area (Å²) in [5.74, 6) is 1.08. The Bertz CT molecular complexity index is 520. The third-order valence-corrected chi connectivity index (χ3v) is 4.72. The van der Waals surface area contributed by atoms with Crippen LogP contribution < -0.4 is 10.5 Å². The van der Waals surface area contributed by atoms with E-state index in [1.807, 2.05) is 26.0 Å². The molecule has 1 saturated carbocycles. The van der Waals surface area contributed by atoms with Crippen molar-refractivity contribution in [1.29, 1.82) is 0 Å².